The van der Waals surface area contributed by atoms with Crippen LogP contribution in [0.15, 0.2) is 77.9 Å². The number of rotatable bonds is 10. The number of nitrogens with one attached hydrogen (secondary N) is 1. The van der Waals surface area contributed by atoms with Crippen LogP contribution in [0.25, 0.3) is 0 Å². The van der Waals surface area contributed by atoms with E-state index in [9.17, 15) is 4.79 Å². The molecule has 0 unspecified atom stereocenters. The van der Waals surface area contributed by atoms with Crippen molar-refractivity contribution >= 4 is 17.8 Å². The standard InChI is InChI=1S/C29H34N4O3/c1-3-35-27-15-12-24(20-28(27)36-4-2)21-30-31-29(34)25-13-10-23(11-14-25)22-32-16-18-33(19-17-32)26-8-6-5-7-9-26/h5-15,20-21H,3-4,16-19,22H2,1-2H3,(H,31,34)/b30-21-. The van der Waals surface area contributed by atoms with Gasteiger partial charge in [0.2, 0.25) is 0 Å². The average molecular weight is 487 g/mol. The van der Waals surface area contributed by atoms with E-state index in [-0.39, 0.29) is 5.91 Å². The average Bonchev–Trinajstić information content (AvgIpc) is 2.92. The molecule has 3 aromatic carbocycles. The van der Waals surface area contributed by atoms with E-state index < -0.39 is 0 Å². The van der Waals surface area contributed by atoms with Crippen molar-refractivity contribution in [1.29, 1.82) is 0 Å². The fraction of sp³-hybridized carbons (Fsp3) is 0.310. The first-order chi connectivity index (χ1) is 17.7. The van der Waals surface area contributed by atoms with Crippen molar-refractivity contribution in [3.05, 3.63) is 89.5 Å². The number of hydrogen-bond acceptors (Lipinski definition) is 6. The predicted molar refractivity (Wildman–Crippen MR) is 144 cm³/mol. The number of nitrogens with zero attached hydrogens (tertiary/aromatic N) is 3. The van der Waals surface area contributed by atoms with Crippen LogP contribution in [0, 0.1) is 0 Å². The van der Waals surface area contributed by atoms with Crippen LogP contribution in [-0.2, 0) is 6.54 Å². The van der Waals surface area contributed by atoms with Crippen LogP contribution >= 0.6 is 0 Å². The molecule has 1 fully saturated rings. The fourth-order valence-electron chi connectivity index (χ4n) is 4.20. The largest absolute Gasteiger partial charge is 0.490 e. The summed E-state index contributed by atoms with van der Waals surface area (Å²) in [6, 6.07) is 23.9. The second kappa shape index (κ2) is 12.7. The van der Waals surface area contributed by atoms with Crippen LogP contribution in [0.5, 0.6) is 11.5 Å². The maximum Gasteiger partial charge on any atom is 0.271 e. The van der Waals surface area contributed by atoms with Crippen molar-refractivity contribution in [2.45, 2.75) is 20.4 Å². The predicted octanol–water partition coefficient (Wildman–Crippen LogP) is 4.57. The van der Waals surface area contributed by atoms with Gasteiger partial charge < -0.3 is 14.4 Å². The van der Waals surface area contributed by atoms with Gasteiger partial charge >= 0.3 is 0 Å². The van der Waals surface area contributed by atoms with E-state index in [1.165, 1.54) is 11.3 Å². The Morgan fingerprint density at radius 2 is 1.58 bits per heavy atom. The second-order valence-corrected chi connectivity index (χ2v) is 8.57. The molecule has 1 amide bonds. The van der Waals surface area contributed by atoms with E-state index in [0.29, 0.717) is 30.3 Å². The molecule has 3 aromatic rings. The van der Waals surface area contributed by atoms with Gasteiger partial charge in [0.1, 0.15) is 0 Å². The van der Waals surface area contributed by atoms with Crippen molar-refractivity contribution < 1.29 is 14.3 Å². The number of hydrazone groups is 1. The third-order valence-electron chi connectivity index (χ3n) is 6.06. The molecule has 1 aliphatic rings. The molecular formula is C29H34N4O3. The number of anilines is 1. The molecule has 1 aliphatic heterocycles. The summed E-state index contributed by atoms with van der Waals surface area (Å²) in [7, 11) is 0. The van der Waals surface area contributed by atoms with Crippen LogP contribution in [0.2, 0.25) is 0 Å². The third-order valence-corrected chi connectivity index (χ3v) is 6.06. The minimum Gasteiger partial charge on any atom is -0.490 e. The van der Waals surface area contributed by atoms with E-state index in [0.717, 1.165) is 38.3 Å². The molecule has 0 bridgehead atoms. The Balaban J connectivity index is 1.26. The van der Waals surface area contributed by atoms with Gasteiger partial charge in [-0.05, 0) is 67.4 Å². The molecule has 0 saturated carbocycles. The Labute approximate surface area is 213 Å². The summed E-state index contributed by atoms with van der Waals surface area (Å²) in [6.07, 6.45) is 1.60. The lowest BCUT2D eigenvalue weighted by atomic mass is 10.1. The van der Waals surface area contributed by atoms with Crippen molar-refractivity contribution in [3.8, 4) is 11.5 Å². The summed E-state index contributed by atoms with van der Waals surface area (Å²) in [5.74, 6) is 1.11. The van der Waals surface area contributed by atoms with Gasteiger partial charge in [0.05, 0.1) is 19.4 Å². The van der Waals surface area contributed by atoms with Gasteiger partial charge in [-0.25, -0.2) is 5.43 Å². The summed E-state index contributed by atoms with van der Waals surface area (Å²) in [4.78, 5) is 17.4. The van der Waals surface area contributed by atoms with E-state index in [2.05, 4.69) is 50.7 Å². The van der Waals surface area contributed by atoms with Gasteiger partial charge in [0.15, 0.2) is 11.5 Å². The Bertz CT molecular complexity index is 1140. The number of para-hydroxylation sites is 1. The quantitative estimate of drug-likeness (QED) is 0.336. The first-order valence-corrected chi connectivity index (χ1v) is 12.5. The first kappa shape index (κ1) is 25.3. The number of carbonyl (C=O) groups excluding carboxylic acids is 1. The van der Waals surface area contributed by atoms with Gasteiger partial charge in [0, 0.05) is 44.0 Å². The van der Waals surface area contributed by atoms with Crippen molar-refractivity contribution in [2.24, 2.45) is 5.10 Å². The molecule has 0 spiro atoms. The zero-order valence-corrected chi connectivity index (χ0v) is 21.0. The Hall–Kier alpha value is -3.84. The molecule has 1 saturated heterocycles. The second-order valence-electron chi connectivity index (χ2n) is 8.57. The molecule has 4 rings (SSSR count). The smallest absolute Gasteiger partial charge is 0.271 e. The van der Waals surface area contributed by atoms with Gasteiger partial charge in [-0.2, -0.15) is 5.10 Å². The lowest BCUT2D eigenvalue weighted by Gasteiger charge is -2.36. The van der Waals surface area contributed by atoms with Gasteiger partial charge in [0.25, 0.3) is 5.91 Å². The number of hydrogen-bond donors (Lipinski definition) is 1. The molecule has 0 aliphatic carbocycles. The molecule has 0 aromatic heterocycles. The number of piperazine rings is 1. The van der Waals surface area contributed by atoms with Gasteiger partial charge in [-0.15, -0.1) is 0 Å². The monoisotopic (exact) mass is 486 g/mol. The Morgan fingerprint density at radius 1 is 0.889 bits per heavy atom. The Kier molecular flexibility index (Phi) is 8.94. The van der Waals surface area contributed by atoms with Crippen molar-refractivity contribution in [1.82, 2.24) is 10.3 Å². The zero-order valence-electron chi connectivity index (χ0n) is 21.0. The minimum absolute atomic E-state index is 0.245. The first-order valence-electron chi connectivity index (χ1n) is 12.5. The van der Waals surface area contributed by atoms with Crippen LogP contribution in [0.1, 0.15) is 35.3 Å². The highest BCUT2D eigenvalue weighted by molar-refractivity contribution is 5.95. The maximum absolute atomic E-state index is 12.5. The SMILES string of the molecule is CCOc1ccc(/C=N\NC(=O)c2ccc(CN3CCN(c4ccccc4)CC3)cc2)cc1OCC. The van der Waals surface area contributed by atoms with Crippen molar-refractivity contribution in [3.63, 3.8) is 0 Å². The summed E-state index contributed by atoms with van der Waals surface area (Å²) < 4.78 is 11.2. The highest BCUT2D eigenvalue weighted by Crippen LogP contribution is 2.28. The molecule has 0 radical (unpaired) electrons. The highest BCUT2D eigenvalue weighted by Gasteiger charge is 2.17. The molecule has 188 valence electrons. The molecular weight excluding hydrogens is 452 g/mol. The van der Waals surface area contributed by atoms with E-state index in [1.807, 2.05) is 56.3 Å². The molecule has 0 atom stereocenters. The summed E-state index contributed by atoms with van der Waals surface area (Å²) in [5, 5.41) is 4.11. The molecule has 1 heterocycles. The van der Waals surface area contributed by atoms with E-state index in [4.69, 9.17) is 9.47 Å². The maximum atomic E-state index is 12.5. The fourth-order valence-corrected chi connectivity index (χ4v) is 4.20. The Morgan fingerprint density at radius 3 is 2.28 bits per heavy atom. The summed E-state index contributed by atoms with van der Waals surface area (Å²) in [5.41, 5.74) is 6.47. The summed E-state index contributed by atoms with van der Waals surface area (Å²) >= 11 is 0. The third kappa shape index (κ3) is 6.86. The lowest BCUT2D eigenvalue weighted by molar-refractivity contribution is 0.0955. The number of ether oxygens (including phenoxy) is 2. The van der Waals surface area contributed by atoms with Crippen LogP contribution in [0.4, 0.5) is 5.69 Å². The van der Waals surface area contributed by atoms with Gasteiger partial charge in [-0.3, -0.25) is 9.69 Å². The number of benzene rings is 3. The van der Waals surface area contributed by atoms with Crippen LogP contribution in [0.3, 0.4) is 0 Å². The van der Waals surface area contributed by atoms with Crippen molar-refractivity contribution in [2.75, 3.05) is 44.3 Å². The normalized spacial score (nSPS) is 14.1. The van der Waals surface area contributed by atoms with E-state index in [1.54, 1.807) is 6.21 Å². The topological polar surface area (TPSA) is 66.4 Å². The molecule has 1 N–H and O–H groups in total. The zero-order chi connectivity index (χ0) is 25.2. The summed E-state index contributed by atoms with van der Waals surface area (Å²) in [6.45, 7) is 9.90. The molecule has 7 heteroatoms. The lowest BCUT2D eigenvalue weighted by Crippen LogP contribution is -2.45. The number of carbonyl (C=O) groups is 1. The molecule has 7 nitrogen and oxygen atoms in total. The highest BCUT2D eigenvalue weighted by atomic mass is 16.5. The van der Waals surface area contributed by atoms with Crippen LogP contribution < -0.4 is 19.8 Å². The molecule has 36 heavy (non-hydrogen) atoms. The van der Waals surface area contributed by atoms with Gasteiger partial charge in [-0.1, -0.05) is 30.3 Å². The minimum atomic E-state index is -0.245. The van der Waals surface area contributed by atoms with E-state index >= 15 is 0 Å². The number of amides is 1. The van der Waals surface area contributed by atoms with Crippen LogP contribution in [-0.4, -0.2) is 56.4 Å².